The van der Waals surface area contributed by atoms with Crippen molar-refractivity contribution in [1.29, 1.82) is 0 Å². The lowest BCUT2D eigenvalue weighted by Gasteiger charge is -2.17. The van der Waals surface area contributed by atoms with Crippen molar-refractivity contribution in [2.24, 2.45) is 0 Å². The molecule has 2 atom stereocenters. The average Bonchev–Trinajstić information content (AvgIpc) is 2.60. The van der Waals surface area contributed by atoms with E-state index >= 15 is 0 Å². The zero-order valence-corrected chi connectivity index (χ0v) is 14.2. The van der Waals surface area contributed by atoms with Gasteiger partial charge in [0.25, 0.3) is 0 Å². The summed E-state index contributed by atoms with van der Waals surface area (Å²) in [6.07, 6.45) is 2.31. The van der Waals surface area contributed by atoms with E-state index in [0.29, 0.717) is 25.7 Å². The summed E-state index contributed by atoms with van der Waals surface area (Å²) in [5.74, 6) is -0.207. The number of benzene rings is 2. The number of esters is 1. The molecule has 3 heteroatoms. The van der Waals surface area contributed by atoms with Crippen LogP contribution < -0.4 is 0 Å². The number of aliphatic hydroxyl groups excluding tert-OH is 1. The first-order valence-corrected chi connectivity index (χ1v) is 8.59. The third-order valence-corrected chi connectivity index (χ3v) is 4.01. The molecule has 2 aromatic rings. The number of aliphatic hydroxyl groups is 1. The molecule has 0 amide bonds. The molecular formula is C21H26O3. The number of rotatable bonds is 9. The van der Waals surface area contributed by atoms with Gasteiger partial charge >= 0.3 is 5.97 Å². The molecule has 3 nitrogen and oxygen atoms in total. The lowest BCUT2D eigenvalue weighted by molar-refractivity contribution is -0.149. The number of hydrogen-bond acceptors (Lipinski definition) is 3. The average molecular weight is 326 g/mol. The van der Waals surface area contributed by atoms with Crippen LogP contribution >= 0.6 is 0 Å². The summed E-state index contributed by atoms with van der Waals surface area (Å²) >= 11 is 0. The van der Waals surface area contributed by atoms with Gasteiger partial charge in [0.2, 0.25) is 0 Å². The predicted octanol–water partition coefficient (Wildman–Crippen LogP) is 3.93. The molecule has 0 fully saturated rings. The van der Waals surface area contributed by atoms with E-state index in [0.717, 1.165) is 12.0 Å². The van der Waals surface area contributed by atoms with Gasteiger partial charge in [0.15, 0.2) is 0 Å². The number of aryl methyl sites for hydroxylation is 2. The molecule has 0 saturated carbocycles. The van der Waals surface area contributed by atoms with Crippen LogP contribution in [0, 0.1) is 0 Å². The normalized spacial score (nSPS) is 13.2. The van der Waals surface area contributed by atoms with Gasteiger partial charge in [0, 0.05) is 12.8 Å². The van der Waals surface area contributed by atoms with Gasteiger partial charge in [-0.05, 0) is 37.3 Å². The van der Waals surface area contributed by atoms with Crippen LogP contribution in [0.15, 0.2) is 60.7 Å². The van der Waals surface area contributed by atoms with Crippen molar-refractivity contribution < 1.29 is 14.6 Å². The Balaban J connectivity index is 1.64. The molecule has 0 spiro atoms. The number of carbonyl (C=O) groups is 1. The molecule has 2 rings (SSSR count). The Hall–Kier alpha value is -2.13. The van der Waals surface area contributed by atoms with E-state index in [4.69, 9.17) is 4.74 Å². The Kier molecular flexibility index (Phi) is 7.50. The zero-order valence-electron chi connectivity index (χ0n) is 14.2. The highest BCUT2D eigenvalue weighted by molar-refractivity contribution is 5.69. The first-order chi connectivity index (χ1) is 11.6. The van der Waals surface area contributed by atoms with E-state index in [-0.39, 0.29) is 12.1 Å². The molecular weight excluding hydrogens is 300 g/mol. The van der Waals surface area contributed by atoms with Gasteiger partial charge in [-0.15, -0.1) is 0 Å². The second kappa shape index (κ2) is 9.89. The third-order valence-electron chi connectivity index (χ3n) is 4.01. The lowest BCUT2D eigenvalue weighted by Crippen LogP contribution is -2.22. The topological polar surface area (TPSA) is 46.5 Å². The van der Waals surface area contributed by atoms with Crippen LogP contribution in [0.1, 0.15) is 37.3 Å². The monoisotopic (exact) mass is 326 g/mol. The standard InChI is InChI=1S/C21H26O3/c1-17(16-20(22)14-12-18-8-4-2-5-9-18)24-21(23)15-13-19-10-6-3-7-11-19/h2-11,17,20,22H,12-16H2,1H3/t17-,20-/m0/s1. The molecule has 0 unspecified atom stereocenters. The summed E-state index contributed by atoms with van der Waals surface area (Å²) in [6.45, 7) is 1.84. The molecule has 128 valence electrons. The maximum atomic E-state index is 11.9. The summed E-state index contributed by atoms with van der Waals surface area (Å²) in [4.78, 5) is 11.9. The minimum absolute atomic E-state index is 0.207. The van der Waals surface area contributed by atoms with Crippen molar-refractivity contribution in [1.82, 2.24) is 0 Å². The van der Waals surface area contributed by atoms with Crippen molar-refractivity contribution >= 4 is 5.97 Å². The van der Waals surface area contributed by atoms with Crippen molar-refractivity contribution in [3.8, 4) is 0 Å². The summed E-state index contributed by atoms with van der Waals surface area (Å²) in [6, 6.07) is 20.0. The van der Waals surface area contributed by atoms with Crippen LogP contribution in [0.2, 0.25) is 0 Å². The van der Waals surface area contributed by atoms with Crippen LogP contribution in [-0.4, -0.2) is 23.3 Å². The first kappa shape index (κ1) is 18.2. The highest BCUT2D eigenvalue weighted by atomic mass is 16.5. The molecule has 0 radical (unpaired) electrons. The van der Waals surface area contributed by atoms with Crippen LogP contribution in [0.3, 0.4) is 0 Å². The fourth-order valence-corrected chi connectivity index (χ4v) is 2.70. The summed E-state index contributed by atoms with van der Waals surface area (Å²) in [7, 11) is 0. The summed E-state index contributed by atoms with van der Waals surface area (Å²) in [5.41, 5.74) is 2.34. The van der Waals surface area contributed by atoms with E-state index in [1.54, 1.807) is 0 Å². The van der Waals surface area contributed by atoms with E-state index in [2.05, 4.69) is 12.1 Å². The first-order valence-electron chi connectivity index (χ1n) is 8.59. The van der Waals surface area contributed by atoms with Gasteiger partial charge in [0.1, 0.15) is 6.10 Å². The van der Waals surface area contributed by atoms with Gasteiger partial charge in [-0.1, -0.05) is 60.7 Å². The molecule has 1 N–H and O–H groups in total. The number of ether oxygens (including phenoxy) is 1. The van der Waals surface area contributed by atoms with Crippen molar-refractivity contribution in [2.75, 3.05) is 0 Å². The smallest absolute Gasteiger partial charge is 0.306 e. The Bertz CT molecular complexity index is 595. The number of hydrogen-bond donors (Lipinski definition) is 1. The second-order valence-corrected chi connectivity index (χ2v) is 6.20. The Morgan fingerprint density at radius 2 is 1.50 bits per heavy atom. The zero-order chi connectivity index (χ0) is 17.2. The fraction of sp³-hybridized carbons (Fsp3) is 0.381. The summed E-state index contributed by atoms with van der Waals surface area (Å²) in [5, 5.41) is 10.1. The molecule has 0 heterocycles. The van der Waals surface area contributed by atoms with Crippen molar-refractivity contribution in [2.45, 2.75) is 51.2 Å². The largest absolute Gasteiger partial charge is 0.463 e. The number of carbonyl (C=O) groups excluding carboxylic acids is 1. The molecule has 0 aliphatic rings. The van der Waals surface area contributed by atoms with Crippen molar-refractivity contribution in [3.63, 3.8) is 0 Å². The highest BCUT2D eigenvalue weighted by Gasteiger charge is 2.14. The van der Waals surface area contributed by atoms with Crippen LogP contribution in [0.25, 0.3) is 0 Å². The van der Waals surface area contributed by atoms with Crippen LogP contribution in [-0.2, 0) is 22.4 Å². The third kappa shape index (κ3) is 6.97. The van der Waals surface area contributed by atoms with E-state index in [1.165, 1.54) is 5.56 Å². The van der Waals surface area contributed by atoms with Gasteiger partial charge in [-0.25, -0.2) is 0 Å². The fourth-order valence-electron chi connectivity index (χ4n) is 2.70. The Labute approximate surface area is 144 Å². The van der Waals surface area contributed by atoms with E-state index < -0.39 is 6.10 Å². The highest BCUT2D eigenvalue weighted by Crippen LogP contribution is 2.12. The van der Waals surface area contributed by atoms with Gasteiger partial charge in [0.05, 0.1) is 6.10 Å². The Morgan fingerprint density at radius 3 is 2.08 bits per heavy atom. The van der Waals surface area contributed by atoms with Gasteiger partial charge in [-0.2, -0.15) is 0 Å². The van der Waals surface area contributed by atoms with Gasteiger partial charge in [-0.3, -0.25) is 4.79 Å². The minimum Gasteiger partial charge on any atom is -0.463 e. The maximum absolute atomic E-state index is 11.9. The molecule has 24 heavy (non-hydrogen) atoms. The van der Waals surface area contributed by atoms with E-state index in [9.17, 15) is 9.90 Å². The molecule has 0 bridgehead atoms. The van der Waals surface area contributed by atoms with Crippen molar-refractivity contribution in [3.05, 3.63) is 71.8 Å². The quantitative estimate of drug-likeness (QED) is 0.710. The molecule has 0 aromatic heterocycles. The maximum Gasteiger partial charge on any atom is 0.306 e. The second-order valence-electron chi connectivity index (χ2n) is 6.20. The predicted molar refractivity (Wildman–Crippen MR) is 95.7 cm³/mol. The lowest BCUT2D eigenvalue weighted by atomic mass is 10.0. The molecule has 2 aromatic carbocycles. The molecule has 0 aliphatic carbocycles. The SMILES string of the molecule is C[C@@H](C[C@@H](O)CCc1ccccc1)OC(=O)CCc1ccccc1. The van der Waals surface area contributed by atoms with Gasteiger partial charge < -0.3 is 9.84 Å². The van der Waals surface area contributed by atoms with E-state index in [1.807, 2.05) is 55.5 Å². The molecule has 0 aliphatic heterocycles. The van der Waals surface area contributed by atoms with Crippen LogP contribution in [0.5, 0.6) is 0 Å². The Morgan fingerprint density at radius 1 is 0.958 bits per heavy atom. The summed E-state index contributed by atoms with van der Waals surface area (Å²) < 4.78 is 5.40. The minimum atomic E-state index is -0.456. The van der Waals surface area contributed by atoms with Crippen LogP contribution in [0.4, 0.5) is 0 Å². The molecule has 0 saturated heterocycles.